The number of ether oxygens (including phenoxy) is 1. The fourth-order valence-corrected chi connectivity index (χ4v) is 11.3. The monoisotopic (exact) mass is 780 g/mol. The van der Waals surface area contributed by atoms with Crippen molar-refractivity contribution >= 4 is 34.1 Å². The summed E-state index contributed by atoms with van der Waals surface area (Å²) in [4.78, 5) is 4.93. The van der Waals surface area contributed by atoms with E-state index in [2.05, 4.69) is 230 Å². The smallest absolute Gasteiger partial charge is 0.151 e. The Hall–Kier alpha value is -7.62. The molecule has 61 heavy (non-hydrogen) atoms. The largest absolute Gasteiger partial charge is 0.453 e. The van der Waals surface area contributed by atoms with Crippen LogP contribution in [0, 0.1) is 0 Å². The van der Waals surface area contributed by atoms with Crippen molar-refractivity contribution in [1.29, 1.82) is 0 Å². The summed E-state index contributed by atoms with van der Waals surface area (Å²) in [6.07, 6.45) is 0. The van der Waals surface area contributed by atoms with Crippen molar-refractivity contribution in [2.24, 2.45) is 0 Å². The Balaban J connectivity index is 1.09. The Morgan fingerprint density at radius 2 is 1.00 bits per heavy atom. The van der Waals surface area contributed by atoms with E-state index in [1.165, 1.54) is 72.4 Å². The second-order valence-electron chi connectivity index (χ2n) is 17.2. The van der Waals surface area contributed by atoms with E-state index < -0.39 is 5.41 Å². The van der Waals surface area contributed by atoms with Crippen LogP contribution in [0.25, 0.3) is 33.4 Å². The lowest BCUT2D eigenvalue weighted by atomic mass is 9.64. The highest BCUT2D eigenvalue weighted by Crippen LogP contribution is 2.68. The molecule has 3 heteroatoms. The number of para-hydroxylation sites is 4. The van der Waals surface area contributed by atoms with Gasteiger partial charge in [-0.2, -0.15) is 0 Å². The second kappa shape index (κ2) is 12.5. The van der Waals surface area contributed by atoms with Crippen molar-refractivity contribution in [2.75, 3.05) is 9.80 Å². The van der Waals surface area contributed by atoms with Crippen LogP contribution in [-0.4, -0.2) is 0 Å². The van der Waals surface area contributed by atoms with Crippen LogP contribution in [0.15, 0.2) is 206 Å². The zero-order valence-corrected chi connectivity index (χ0v) is 33.9. The first kappa shape index (κ1) is 34.3. The molecular formula is C58H40N2O. The Labute approximate surface area is 356 Å². The minimum atomic E-state index is -0.611. The summed E-state index contributed by atoms with van der Waals surface area (Å²) < 4.78 is 6.76. The summed E-state index contributed by atoms with van der Waals surface area (Å²) in [5, 5.41) is 0. The van der Waals surface area contributed by atoms with Gasteiger partial charge in [-0.3, -0.25) is 0 Å². The highest BCUT2D eigenvalue weighted by Gasteiger charge is 2.54. The zero-order valence-electron chi connectivity index (χ0n) is 33.9. The number of fused-ring (bicyclic) bond motifs is 14. The quantitative estimate of drug-likeness (QED) is 0.177. The van der Waals surface area contributed by atoms with Crippen LogP contribution >= 0.6 is 0 Å². The van der Waals surface area contributed by atoms with Gasteiger partial charge in [0.1, 0.15) is 0 Å². The van der Waals surface area contributed by atoms with Gasteiger partial charge in [0.25, 0.3) is 0 Å². The van der Waals surface area contributed by atoms with Gasteiger partial charge in [-0.25, -0.2) is 0 Å². The first-order valence-corrected chi connectivity index (χ1v) is 21.3. The fraction of sp³-hybridized carbons (Fsp3) is 0.0690. The van der Waals surface area contributed by atoms with E-state index in [-0.39, 0.29) is 5.41 Å². The molecule has 0 aromatic heterocycles. The first-order valence-electron chi connectivity index (χ1n) is 21.3. The molecule has 13 rings (SSSR count). The summed E-state index contributed by atoms with van der Waals surface area (Å²) in [6, 6.07) is 75.9. The van der Waals surface area contributed by atoms with Gasteiger partial charge in [-0.1, -0.05) is 166 Å². The van der Waals surface area contributed by atoms with Crippen molar-refractivity contribution in [2.45, 2.75) is 24.7 Å². The molecule has 4 aliphatic rings. The Morgan fingerprint density at radius 1 is 0.410 bits per heavy atom. The minimum absolute atomic E-state index is 0.148. The third-order valence-corrected chi connectivity index (χ3v) is 13.8. The molecule has 9 aromatic rings. The predicted octanol–water partition coefficient (Wildman–Crippen LogP) is 15.4. The number of anilines is 6. The van der Waals surface area contributed by atoms with E-state index in [9.17, 15) is 0 Å². The first-order chi connectivity index (χ1) is 30.0. The van der Waals surface area contributed by atoms with Gasteiger partial charge in [-0.05, 0) is 116 Å². The lowest BCUT2D eigenvalue weighted by Crippen LogP contribution is -2.37. The molecule has 0 radical (unpaired) electrons. The van der Waals surface area contributed by atoms with Crippen molar-refractivity contribution in [3.8, 4) is 44.9 Å². The number of hydrogen-bond acceptors (Lipinski definition) is 3. The summed E-state index contributed by atoms with van der Waals surface area (Å²) >= 11 is 0. The lowest BCUT2D eigenvalue weighted by molar-refractivity contribution is 0.473. The highest BCUT2D eigenvalue weighted by molar-refractivity contribution is 6.03. The van der Waals surface area contributed by atoms with Crippen LogP contribution in [-0.2, 0) is 10.8 Å². The van der Waals surface area contributed by atoms with E-state index >= 15 is 0 Å². The van der Waals surface area contributed by atoms with Crippen LogP contribution in [0.1, 0.15) is 47.2 Å². The number of nitrogens with zero attached hydrogens (tertiary/aromatic N) is 2. The molecule has 0 saturated heterocycles. The molecule has 9 aromatic carbocycles. The average molecular weight is 781 g/mol. The van der Waals surface area contributed by atoms with Crippen LogP contribution in [0.4, 0.5) is 34.1 Å². The van der Waals surface area contributed by atoms with Gasteiger partial charge in [0.05, 0.1) is 28.2 Å². The molecule has 3 nitrogen and oxygen atoms in total. The Kier molecular flexibility index (Phi) is 6.99. The predicted molar refractivity (Wildman–Crippen MR) is 250 cm³/mol. The van der Waals surface area contributed by atoms with Crippen molar-refractivity contribution in [3.63, 3.8) is 0 Å². The van der Waals surface area contributed by atoms with Crippen molar-refractivity contribution < 1.29 is 4.74 Å². The number of benzene rings is 9. The standard InChI is InChI=1S/C58H40N2O/c1-57(2)44-20-8-6-18-41(44)42-35-34-40(36-49(42)57)59(39-32-30-38(31-33-39)37-16-4-3-5-17-37)52-27-14-23-47-55(52)43-19-7-9-21-45(43)58(47)46-22-10-11-25-50(46)60-51-26-12-13-28-53(51)61-54-29-15-24-48(58)56(54)60/h3-36H,1-2H3. The van der Waals surface area contributed by atoms with Gasteiger partial charge in [0.15, 0.2) is 11.5 Å². The summed E-state index contributed by atoms with van der Waals surface area (Å²) in [5.74, 6) is 1.73. The minimum Gasteiger partial charge on any atom is -0.453 e. The van der Waals surface area contributed by atoms with Crippen molar-refractivity contribution in [3.05, 3.63) is 240 Å². The molecule has 1 spiro atoms. The SMILES string of the molecule is CC1(C)c2ccccc2-c2ccc(N(c3ccc(-c4ccccc4)cc3)c3cccc4c3-c3ccccc3C43c4ccccc4N4c5ccccc5Oc5cccc3c54)cc21. The average Bonchev–Trinajstić information content (AvgIpc) is 3.74. The molecule has 0 fully saturated rings. The number of rotatable bonds is 4. The van der Waals surface area contributed by atoms with Crippen LogP contribution in [0.2, 0.25) is 0 Å². The summed E-state index contributed by atoms with van der Waals surface area (Å²) in [5.41, 5.74) is 21.2. The van der Waals surface area contributed by atoms with Gasteiger partial charge in [0.2, 0.25) is 0 Å². The van der Waals surface area contributed by atoms with E-state index in [1.807, 2.05) is 0 Å². The molecule has 0 N–H and O–H groups in total. The van der Waals surface area contributed by atoms with Gasteiger partial charge in [-0.15, -0.1) is 0 Å². The number of hydrogen-bond donors (Lipinski definition) is 0. The maximum Gasteiger partial charge on any atom is 0.151 e. The topological polar surface area (TPSA) is 15.7 Å². The normalized spacial score (nSPS) is 16.3. The molecule has 0 bridgehead atoms. The molecule has 0 amide bonds. The van der Waals surface area contributed by atoms with Crippen LogP contribution < -0.4 is 14.5 Å². The highest BCUT2D eigenvalue weighted by atomic mass is 16.5. The van der Waals surface area contributed by atoms with Gasteiger partial charge >= 0.3 is 0 Å². The van der Waals surface area contributed by atoms with E-state index in [1.54, 1.807) is 0 Å². The van der Waals surface area contributed by atoms with Gasteiger partial charge < -0.3 is 14.5 Å². The molecule has 1 atom stereocenters. The Bertz CT molecular complexity index is 3270. The zero-order chi connectivity index (χ0) is 40.5. The van der Waals surface area contributed by atoms with Gasteiger partial charge in [0, 0.05) is 22.4 Å². The van der Waals surface area contributed by atoms with Crippen molar-refractivity contribution in [1.82, 2.24) is 0 Å². The molecule has 0 saturated carbocycles. The van der Waals surface area contributed by atoms with Crippen LogP contribution in [0.5, 0.6) is 11.5 Å². The van der Waals surface area contributed by atoms with Crippen LogP contribution in [0.3, 0.4) is 0 Å². The maximum atomic E-state index is 6.76. The molecule has 2 aliphatic carbocycles. The molecular weight excluding hydrogens is 741 g/mol. The summed E-state index contributed by atoms with van der Waals surface area (Å²) in [6.45, 7) is 4.74. The maximum absolute atomic E-state index is 6.76. The Morgan fingerprint density at radius 3 is 1.84 bits per heavy atom. The van der Waals surface area contributed by atoms with E-state index in [0.717, 1.165) is 39.9 Å². The molecule has 1 unspecified atom stereocenters. The van der Waals surface area contributed by atoms with E-state index in [0.29, 0.717) is 0 Å². The molecule has 2 heterocycles. The second-order valence-corrected chi connectivity index (χ2v) is 17.2. The lowest BCUT2D eigenvalue weighted by Gasteiger charge is -2.47. The van der Waals surface area contributed by atoms with E-state index in [4.69, 9.17) is 4.74 Å². The molecule has 2 aliphatic heterocycles. The molecule has 288 valence electrons. The fourth-order valence-electron chi connectivity index (χ4n) is 11.3. The summed E-state index contributed by atoms with van der Waals surface area (Å²) in [7, 11) is 0. The third-order valence-electron chi connectivity index (χ3n) is 13.8. The third kappa shape index (κ3) is 4.53.